The van der Waals surface area contributed by atoms with Crippen molar-refractivity contribution < 1.29 is 0 Å². The van der Waals surface area contributed by atoms with Crippen LogP contribution in [0.4, 0.5) is 11.8 Å². The molecular weight excluding hydrogens is 264 g/mol. The molecule has 18 heavy (non-hydrogen) atoms. The summed E-state index contributed by atoms with van der Waals surface area (Å²) in [5.74, 6) is 2.33. The van der Waals surface area contributed by atoms with Gasteiger partial charge < -0.3 is 11.1 Å². The fourth-order valence-electron chi connectivity index (χ4n) is 1.77. The Balaban J connectivity index is 2.26. The van der Waals surface area contributed by atoms with Crippen molar-refractivity contribution in [3.8, 4) is 0 Å². The van der Waals surface area contributed by atoms with Crippen LogP contribution in [0.2, 0.25) is 0 Å². The first-order chi connectivity index (χ1) is 8.60. The highest BCUT2D eigenvalue weighted by Crippen LogP contribution is 2.29. The first kappa shape index (κ1) is 13.4. The molecule has 4 nitrogen and oxygen atoms in total. The second kappa shape index (κ2) is 5.75. The molecular formula is C12H18N4S2. The lowest BCUT2D eigenvalue weighted by atomic mass is 10.2. The molecule has 6 heteroatoms. The Kier molecular flexibility index (Phi) is 4.29. The summed E-state index contributed by atoms with van der Waals surface area (Å²) in [4.78, 5) is 10.8. The predicted octanol–water partition coefficient (Wildman–Crippen LogP) is 3.14. The van der Waals surface area contributed by atoms with Crippen LogP contribution in [0.5, 0.6) is 0 Å². The number of aryl methyl sites for hydroxylation is 1. The summed E-state index contributed by atoms with van der Waals surface area (Å²) in [5.41, 5.74) is 5.75. The van der Waals surface area contributed by atoms with Gasteiger partial charge in [-0.3, -0.25) is 0 Å². The van der Waals surface area contributed by atoms with Crippen molar-refractivity contribution in [1.82, 2.24) is 9.97 Å². The molecule has 2 rings (SSSR count). The van der Waals surface area contributed by atoms with Crippen LogP contribution in [-0.2, 0) is 0 Å². The minimum Gasteiger partial charge on any atom is -0.368 e. The largest absolute Gasteiger partial charge is 0.368 e. The van der Waals surface area contributed by atoms with E-state index in [0.717, 1.165) is 28.2 Å². The Morgan fingerprint density at radius 2 is 2.28 bits per heavy atom. The average molecular weight is 282 g/mol. The van der Waals surface area contributed by atoms with Gasteiger partial charge in [-0.15, -0.1) is 11.3 Å². The van der Waals surface area contributed by atoms with Crippen molar-refractivity contribution in [3.05, 3.63) is 10.9 Å². The summed E-state index contributed by atoms with van der Waals surface area (Å²) in [5, 5.41) is 4.51. The Bertz CT molecular complexity index is 538. The monoisotopic (exact) mass is 282 g/mol. The molecule has 0 fully saturated rings. The summed E-state index contributed by atoms with van der Waals surface area (Å²) in [6.45, 7) is 4.24. The van der Waals surface area contributed by atoms with Crippen LogP contribution in [0.25, 0.3) is 10.2 Å². The number of fused-ring (bicyclic) bond motifs is 1. The van der Waals surface area contributed by atoms with Gasteiger partial charge in [0.05, 0.1) is 5.39 Å². The molecule has 0 aliphatic heterocycles. The van der Waals surface area contributed by atoms with Gasteiger partial charge in [0.1, 0.15) is 10.6 Å². The molecule has 1 atom stereocenters. The molecule has 0 saturated carbocycles. The third-order valence-corrected chi connectivity index (χ3v) is 4.26. The maximum Gasteiger partial charge on any atom is 0.223 e. The third kappa shape index (κ3) is 3.05. The summed E-state index contributed by atoms with van der Waals surface area (Å²) < 4.78 is 0. The zero-order chi connectivity index (χ0) is 13.1. The van der Waals surface area contributed by atoms with Crippen LogP contribution >= 0.6 is 23.1 Å². The van der Waals surface area contributed by atoms with E-state index in [2.05, 4.69) is 41.5 Å². The van der Waals surface area contributed by atoms with Crippen molar-refractivity contribution in [3.63, 3.8) is 0 Å². The molecule has 98 valence electrons. The SMILES string of the molecule is CSCCC(C)Nc1nc(N)nc2sc(C)cc12. The number of aromatic nitrogens is 2. The highest BCUT2D eigenvalue weighted by molar-refractivity contribution is 7.98. The number of hydrogen-bond acceptors (Lipinski definition) is 6. The average Bonchev–Trinajstić information content (AvgIpc) is 2.67. The predicted molar refractivity (Wildman–Crippen MR) is 82.6 cm³/mol. The van der Waals surface area contributed by atoms with E-state index in [4.69, 9.17) is 5.73 Å². The molecule has 0 aliphatic rings. The molecule has 3 N–H and O–H groups in total. The topological polar surface area (TPSA) is 63.8 Å². The summed E-state index contributed by atoms with van der Waals surface area (Å²) in [6.07, 6.45) is 3.23. The lowest BCUT2D eigenvalue weighted by Gasteiger charge is -2.14. The minimum absolute atomic E-state index is 0.337. The van der Waals surface area contributed by atoms with Gasteiger partial charge in [-0.25, -0.2) is 4.98 Å². The van der Waals surface area contributed by atoms with E-state index in [0.29, 0.717) is 12.0 Å². The number of nitrogens with two attached hydrogens (primary N) is 1. The van der Waals surface area contributed by atoms with Gasteiger partial charge >= 0.3 is 0 Å². The van der Waals surface area contributed by atoms with Crippen molar-refractivity contribution in [2.75, 3.05) is 23.1 Å². The van der Waals surface area contributed by atoms with Crippen LogP contribution in [0.1, 0.15) is 18.2 Å². The maximum absolute atomic E-state index is 5.75. The molecule has 0 radical (unpaired) electrons. The van der Waals surface area contributed by atoms with Gasteiger partial charge in [0, 0.05) is 10.9 Å². The van der Waals surface area contributed by atoms with Crippen LogP contribution in [0, 0.1) is 6.92 Å². The fraction of sp³-hybridized carbons (Fsp3) is 0.500. The number of anilines is 2. The molecule has 0 aliphatic carbocycles. The molecule has 1 unspecified atom stereocenters. The summed E-state index contributed by atoms with van der Waals surface area (Å²) >= 11 is 3.51. The second-order valence-electron chi connectivity index (χ2n) is 4.33. The number of thioether (sulfide) groups is 1. The fourth-order valence-corrected chi connectivity index (χ4v) is 3.24. The van der Waals surface area contributed by atoms with Crippen molar-refractivity contribution in [2.24, 2.45) is 0 Å². The molecule has 2 aromatic rings. The van der Waals surface area contributed by atoms with E-state index in [1.807, 2.05) is 11.8 Å². The summed E-state index contributed by atoms with van der Waals surface area (Å²) in [6, 6.07) is 2.50. The first-order valence-electron chi connectivity index (χ1n) is 5.89. The first-order valence-corrected chi connectivity index (χ1v) is 8.10. The molecule has 0 spiro atoms. The van der Waals surface area contributed by atoms with Crippen LogP contribution in [-0.4, -0.2) is 28.0 Å². The zero-order valence-electron chi connectivity index (χ0n) is 10.9. The number of thiophene rings is 1. The van der Waals surface area contributed by atoms with E-state index >= 15 is 0 Å². The number of nitrogen functional groups attached to an aromatic ring is 1. The van der Waals surface area contributed by atoms with Crippen molar-refractivity contribution >= 4 is 45.1 Å². The van der Waals surface area contributed by atoms with Crippen LogP contribution < -0.4 is 11.1 Å². The Morgan fingerprint density at radius 1 is 1.50 bits per heavy atom. The van der Waals surface area contributed by atoms with E-state index < -0.39 is 0 Å². The molecule has 0 amide bonds. The molecule has 2 heterocycles. The minimum atomic E-state index is 0.337. The number of nitrogens with one attached hydrogen (secondary N) is 1. The number of hydrogen-bond donors (Lipinski definition) is 2. The summed E-state index contributed by atoms with van der Waals surface area (Å²) in [7, 11) is 0. The quantitative estimate of drug-likeness (QED) is 0.882. The van der Waals surface area contributed by atoms with E-state index in [9.17, 15) is 0 Å². The van der Waals surface area contributed by atoms with Crippen LogP contribution in [0.15, 0.2) is 6.07 Å². The number of nitrogens with zero attached hydrogens (tertiary/aromatic N) is 2. The van der Waals surface area contributed by atoms with Crippen LogP contribution in [0.3, 0.4) is 0 Å². The van der Waals surface area contributed by atoms with E-state index in [1.54, 1.807) is 11.3 Å². The highest BCUT2D eigenvalue weighted by atomic mass is 32.2. The highest BCUT2D eigenvalue weighted by Gasteiger charge is 2.11. The normalized spacial score (nSPS) is 12.8. The van der Waals surface area contributed by atoms with Gasteiger partial charge in [-0.1, -0.05) is 0 Å². The van der Waals surface area contributed by atoms with E-state index in [-0.39, 0.29) is 0 Å². The zero-order valence-corrected chi connectivity index (χ0v) is 12.5. The number of rotatable bonds is 5. The molecule has 0 saturated heterocycles. The van der Waals surface area contributed by atoms with Crippen molar-refractivity contribution in [1.29, 1.82) is 0 Å². The van der Waals surface area contributed by atoms with Gasteiger partial charge in [0.15, 0.2) is 0 Å². The smallest absolute Gasteiger partial charge is 0.223 e. The molecule has 2 aromatic heterocycles. The van der Waals surface area contributed by atoms with E-state index in [1.165, 1.54) is 4.88 Å². The Hall–Kier alpha value is -1.01. The van der Waals surface area contributed by atoms with Gasteiger partial charge in [0.2, 0.25) is 5.95 Å². The van der Waals surface area contributed by atoms with Crippen molar-refractivity contribution in [2.45, 2.75) is 26.3 Å². The van der Waals surface area contributed by atoms with Gasteiger partial charge in [0.25, 0.3) is 0 Å². The third-order valence-electron chi connectivity index (χ3n) is 2.67. The van der Waals surface area contributed by atoms with Gasteiger partial charge in [-0.2, -0.15) is 16.7 Å². The Morgan fingerprint density at radius 3 is 3.00 bits per heavy atom. The van der Waals surface area contributed by atoms with Gasteiger partial charge in [-0.05, 0) is 38.3 Å². The lowest BCUT2D eigenvalue weighted by molar-refractivity contribution is 0.768. The maximum atomic E-state index is 5.75. The Labute approximate surface area is 115 Å². The molecule has 0 bridgehead atoms. The molecule has 0 aromatic carbocycles. The lowest BCUT2D eigenvalue weighted by Crippen LogP contribution is -2.17. The standard InChI is InChI=1S/C12H18N4S2/c1-7(4-5-17-3)14-10-9-6-8(2)18-11(9)16-12(13)15-10/h6-7H,4-5H2,1-3H3,(H3,13,14,15,16). The second-order valence-corrected chi connectivity index (χ2v) is 6.55.